The third-order valence-electron chi connectivity index (χ3n) is 2.99. The van der Waals surface area contributed by atoms with Gasteiger partial charge in [-0.2, -0.15) is 0 Å². The molecule has 0 spiro atoms. The Morgan fingerprint density at radius 1 is 1.35 bits per heavy atom. The SMILES string of the molecule is Cc1cc(CNc2ccc(N)c3cc(Br)cnc23)no1. The summed E-state index contributed by atoms with van der Waals surface area (Å²) in [5.41, 5.74) is 9.31. The zero-order valence-electron chi connectivity index (χ0n) is 10.9. The molecule has 0 aliphatic rings. The number of fused-ring (bicyclic) bond motifs is 1. The van der Waals surface area contributed by atoms with E-state index in [4.69, 9.17) is 10.3 Å². The van der Waals surface area contributed by atoms with Gasteiger partial charge in [0.2, 0.25) is 0 Å². The third kappa shape index (κ3) is 2.46. The topological polar surface area (TPSA) is 77.0 Å². The molecule has 0 aliphatic carbocycles. The van der Waals surface area contributed by atoms with Crippen LogP contribution in [-0.2, 0) is 6.54 Å². The summed E-state index contributed by atoms with van der Waals surface area (Å²) >= 11 is 3.41. The molecule has 0 amide bonds. The fraction of sp³-hybridized carbons (Fsp3) is 0.143. The van der Waals surface area contributed by atoms with Gasteiger partial charge in [0, 0.05) is 27.8 Å². The fourth-order valence-corrected chi connectivity index (χ4v) is 2.38. The van der Waals surface area contributed by atoms with Crippen LogP contribution >= 0.6 is 15.9 Å². The first kappa shape index (κ1) is 12.9. The van der Waals surface area contributed by atoms with Crippen LogP contribution in [0.2, 0.25) is 0 Å². The maximum Gasteiger partial charge on any atom is 0.133 e. The van der Waals surface area contributed by atoms with Crippen LogP contribution in [0.4, 0.5) is 11.4 Å². The number of hydrogen-bond acceptors (Lipinski definition) is 5. The Labute approximate surface area is 124 Å². The first-order valence-corrected chi connectivity index (χ1v) is 6.92. The normalized spacial score (nSPS) is 10.9. The number of nitrogen functional groups attached to an aromatic ring is 1. The minimum absolute atomic E-state index is 0.577. The van der Waals surface area contributed by atoms with Crippen LogP contribution < -0.4 is 11.1 Å². The third-order valence-corrected chi connectivity index (χ3v) is 3.42. The summed E-state index contributed by atoms with van der Waals surface area (Å²) in [5.74, 6) is 0.797. The second kappa shape index (κ2) is 5.13. The average Bonchev–Trinajstić information content (AvgIpc) is 2.84. The largest absolute Gasteiger partial charge is 0.398 e. The van der Waals surface area contributed by atoms with Crippen molar-refractivity contribution in [3.63, 3.8) is 0 Å². The highest BCUT2D eigenvalue weighted by molar-refractivity contribution is 9.10. The Balaban J connectivity index is 1.93. The Morgan fingerprint density at radius 3 is 2.95 bits per heavy atom. The highest BCUT2D eigenvalue weighted by Crippen LogP contribution is 2.29. The summed E-state index contributed by atoms with van der Waals surface area (Å²) < 4.78 is 5.95. The minimum atomic E-state index is 0.577. The van der Waals surface area contributed by atoms with Crippen LogP contribution in [-0.4, -0.2) is 10.1 Å². The van der Waals surface area contributed by atoms with E-state index in [9.17, 15) is 0 Å². The van der Waals surface area contributed by atoms with E-state index < -0.39 is 0 Å². The van der Waals surface area contributed by atoms with Gasteiger partial charge >= 0.3 is 0 Å². The van der Waals surface area contributed by atoms with Gasteiger partial charge in [0.25, 0.3) is 0 Å². The van der Waals surface area contributed by atoms with Gasteiger partial charge in [-0.15, -0.1) is 0 Å². The van der Waals surface area contributed by atoms with Gasteiger partial charge in [-0.05, 0) is 41.1 Å². The lowest BCUT2D eigenvalue weighted by atomic mass is 10.1. The van der Waals surface area contributed by atoms with Gasteiger partial charge in [0.1, 0.15) is 11.5 Å². The molecule has 2 heterocycles. The molecule has 0 radical (unpaired) electrons. The maximum atomic E-state index is 5.99. The second-order valence-electron chi connectivity index (χ2n) is 4.53. The van der Waals surface area contributed by atoms with Crippen molar-refractivity contribution < 1.29 is 4.52 Å². The summed E-state index contributed by atoms with van der Waals surface area (Å²) in [6, 6.07) is 7.65. The monoisotopic (exact) mass is 332 g/mol. The van der Waals surface area contributed by atoms with Crippen LogP contribution in [0, 0.1) is 6.92 Å². The lowest BCUT2D eigenvalue weighted by Crippen LogP contribution is -2.01. The Morgan fingerprint density at radius 2 is 2.20 bits per heavy atom. The number of nitrogens with one attached hydrogen (secondary N) is 1. The van der Waals surface area contributed by atoms with Crippen molar-refractivity contribution in [2.45, 2.75) is 13.5 Å². The first-order valence-electron chi connectivity index (χ1n) is 6.13. The number of nitrogens with zero attached hydrogens (tertiary/aromatic N) is 2. The van der Waals surface area contributed by atoms with Crippen molar-refractivity contribution in [3.8, 4) is 0 Å². The molecule has 0 saturated carbocycles. The molecular weight excluding hydrogens is 320 g/mol. The van der Waals surface area contributed by atoms with E-state index in [1.54, 1.807) is 6.20 Å². The fourth-order valence-electron chi connectivity index (χ4n) is 2.05. The number of halogens is 1. The van der Waals surface area contributed by atoms with Crippen molar-refractivity contribution in [2.75, 3.05) is 11.1 Å². The molecule has 5 nitrogen and oxygen atoms in total. The van der Waals surface area contributed by atoms with E-state index in [1.807, 2.05) is 31.2 Å². The molecule has 0 unspecified atom stereocenters. The highest BCUT2D eigenvalue weighted by Gasteiger charge is 2.07. The average molecular weight is 333 g/mol. The molecule has 0 saturated heterocycles. The van der Waals surface area contributed by atoms with Crippen LogP contribution in [0.25, 0.3) is 10.9 Å². The number of hydrogen-bond donors (Lipinski definition) is 2. The Hall–Kier alpha value is -2.08. The molecule has 2 aromatic heterocycles. The Bertz CT molecular complexity index is 769. The molecule has 6 heteroatoms. The standard InChI is InChI=1S/C14H13BrN4O/c1-8-4-10(19-20-8)7-17-13-3-2-12(16)11-5-9(15)6-18-14(11)13/h2-6,17H,7,16H2,1H3. The zero-order valence-corrected chi connectivity index (χ0v) is 12.4. The smallest absolute Gasteiger partial charge is 0.133 e. The summed E-state index contributed by atoms with van der Waals surface area (Å²) in [6.45, 7) is 2.45. The van der Waals surface area contributed by atoms with E-state index in [-0.39, 0.29) is 0 Å². The molecule has 1 aromatic carbocycles. The van der Waals surface area contributed by atoms with E-state index >= 15 is 0 Å². The predicted octanol–water partition coefficient (Wildman–Crippen LogP) is 3.49. The maximum absolute atomic E-state index is 5.99. The Kier molecular flexibility index (Phi) is 3.31. The van der Waals surface area contributed by atoms with Crippen molar-refractivity contribution in [2.24, 2.45) is 0 Å². The van der Waals surface area contributed by atoms with Gasteiger partial charge in [-0.3, -0.25) is 4.98 Å². The van der Waals surface area contributed by atoms with Crippen molar-refractivity contribution in [1.29, 1.82) is 0 Å². The minimum Gasteiger partial charge on any atom is -0.398 e. The van der Waals surface area contributed by atoms with Crippen LogP contribution in [0.15, 0.2) is 39.5 Å². The molecule has 102 valence electrons. The second-order valence-corrected chi connectivity index (χ2v) is 5.45. The summed E-state index contributed by atoms with van der Waals surface area (Å²) in [6.07, 6.45) is 1.76. The van der Waals surface area contributed by atoms with Gasteiger partial charge in [-0.25, -0.2) is 0 Å². The predicted molar refractivity (Wildman–Crippen MR) is 82.4 cm³/mol. The molecular formula is C14H13BrN4O. The number of benzene rings is 1. The zero-order chi connectivity index (χ0) is 14.1. The van der Waals surface area contributed by atoms with Gasteiger partial charge in [0.15, 0.2) is 0 Å². The number of rotatable bonds is 3. The van der Waals surface area contributed by atoms with E-state index in [2.05, 4.69) is 31.4 Å². The van der Waals surface area contributed by atoms with Crippen LogP contribution in [0.3, 0.4) is 0 Å². The van der Waals surface area contributed by atoms with Crippen molar-refractivity contribution >= 4 is 38.2 Å². The number of aryl methyl sites for hydroxylation is 1. The van der Waals surface area contributed by atoms with Crippen molar-refractivity contribution in [1.82, 2.24) is 10.1 Å². The lowest BCUT2D eigenvalue weighted by Gasteiger charge is -2.09. The quantitative estimate of drug-likeness (QED) is 0.718. The number of pyridine rings is 1. The lowest BCUT2D eigenvalue weighted by molar-refractivity contribution is 0.391. The number of anilines is 2. The molecule has 0 bridgehead atoms. The molecule has 20 heavy (non-hydrogen) atoms. The number of nitrogens with two attached hydrogens (primary N) is 1. The molecule has 3 rings (SSSR count). The van der Waals surface area contributed by atoms with Gasteiger partial charge < -0.3 is 15.6 Å². The number of aromatic nitrogens is 2. The first-order chi connectivity index (χ1) is 9.63. The van der Waals surface area contributed by atoms with E-state index in [0.29, 0.717) is 12.2 Å². The molecule has 0 fully saturated rings. The highest BCUT2D eigenvalue weighted by atomic mass is 79.9. The van der Waals surface area contributed by atoms with Crippen LogP contribution in [0.5, 0.6) is 0 Å². The van der Waals surface area contributed by atoms with Gasteiger partial charge in [0.05, 0.1) is 17.7 Å². The van der Waals surface area contributed by atoms with Gasteiger partial charge in [-0.1, -0.05) is 5.16 Å². The van der Waals surface area contributed by atoms with E-state index in [1.165, 1.54) is 0 Å². The molecule has 0 aliphatic heterocycles. The summed E-state index contributed by atoms with van der Waals surface area (Å²) in [4.78, 5) is 4.43. The van der Waals surface area contributed by atoms with Crippen molar-refractivity contribution in [3.05, 3.63) is 46.4 Å². The summed E-state index contributed by atoms with van der Waals surface area (Å²) in [7, 11) is 0. The van der Waals surface area contributed by atoms with Crippen LogP contribution in [0.1, 0.15) is 11.5 Å². The van der Waals surface area contributed by atoms with E-state index in [0.717, 1.165) is 32.5 Å². The molecule has 3 aromatic rings. The molecule has 0 atom stereocenters. The molecule has 3 N–H and O–H groups in total. The summed E-state index contributed by atoms with van der Waals surface area (Å²) in [5, 5.41) is 8.18.